The summed E-state index contributed by atoms with van der Waals surface area (Å²) >= 11 is 0. The third kappa shape index (κ3) is 3.11. The number of nitrogen functional groups attached to an aromatic ring is 1. The molecular weight excluding hydrogens is 199 g/mol. The van der Waals surface area contributed by atoms with E-state index in [1.165, 1.54) is 0 Å². The largest absolute Gasteiger partial charge is 0.384 e. The van der Waals surface area contributed by atoms with E-state index >= 15 is 0 Å². The first-order chi connectivity index (χ1) is 4.74. The molecule has 1 rings (SSSR count). The van der Waals surface area contributed by atoms with Gasteiger partial charge in [-0.1, -0.05) is 0 Å². The van der Waals surface area contributed by atoms with Gasteiger partial charge in [0.15, 0.2) is 5.82 Å². The minimum absolute atomic E-state index is 0. The first kappa shape index (κ1) is 13.8. The molecule has 0 saturated carbocycles. The van der Waals surface area contributed by atoms with Crippen molar-refractivity contribution >= 4 is 36.3 Å². The molecule has 6 heteroatoms. The lowest BCUT2D eigenvalue weighted by atomic mass is 10.4. The van der Waals surface area contributed by atoms with Gasteiger partial charge in [-0.3, -0.25) is 0 Å². The van der Waals surface area contributed by atoms with Crippen molar-refractivity contribution in [3.63, 3.8) is 0 Å². The number of halogens is 2. The number of nitrogens with two attached hydrogens (primary N) is 1. The van der Waals surface area contributed by atoms with E-state index in [0.29, 0.717) is 11.6 Å². The Morgan fingerprint density at radius 3 is 2.42 bits per heavy atom. The van der Waals surface area contributed by atoms with E-state index in [-0.39, 0.29) is 24.8 Å². The summed E-state index contributed by atoms with van der Waals surface area (Å²) in [6, 6.07) is 0. The molecule has 0 spiro atoms. The van der Waals surface area contributed by atoms with Crippen molar-refractivity contribution in [1.82, 2.24) is 9.97 Å². The second-order valence-corrected chi connectivity index (χ2v) is 1.97. The summed E-state index contributed by atoms with van der Waals surface area (Å²) in [6.07, 6.45) is 1.66. The molecule has 0 saturated heterocycles. The van der Waals surface area contributed by atoms with E-state index in [2.05, 4.69) is 15.3 Å². The van der Waals surface area contributed by atoms with Crippen LogP contribution in [0.15, 0.2) is 6.20 Å². The molecule has 70 valence electrons. The fourth-order valence-electron chi connectivity index (χ4n) is 0.680. The number of hydrogen-bond acceptors (Lipinski definition) is 4. The number of hydrogen-bond donors (Lipinski definition) is 2. The average molecular weight is 211 g/mol. The van der Waals surface area contributed by atoms with Crippen LogP contribution < -0.4 is 11.1 Å². The summed E-state index contributed by atoms with van der Waals surface area (Å²) in [7, 11) is 1.78. The molecule has 0 bridgehead atoms. The van der Waals surface area contributed by atoms with Gasteiger partial charge in [-0.2, -0.15) is 0 Å². The molecule has 0 aliphatic carbocycles. The van der Waals surface area contributed by atoms with Crippen molar-refractivity contribution in [2.45, 2.75) is 6.92 Å². The van der Waals surface area contributed by atoms with Gasteiger partial charge < -0.3 is 11.1 Å². The lowest BCUT2D eigenvalue weighted by molar-refractivity contribution is 1.06. The monoisotopic (exact) mass is 210 g/mol. The third-order valence-electron chi connectivity index (χ3n) is 1.21. The number of aryl methyl sites for hydroxylation is 1. The molecule has 0 aromatic carbocycles. The average Bonchev–Trinajstić information content (AvgIpc) is 1.88. The minimum Gasteiger partial charge on any atom is -0.384 e. The molecule has 12 heavy (non-hydrogen) atoms. The standard InChI is InChI=1S/C6H10N4.2ClH/c1-4-9-3-5(8-2)6(7)10-4;;/h3,8H,1-2H3,(H2,7,9,10);2*1H. The molecule has 0 unspecified atom stereocenters. The van der Waals surface area contributed by atoms with E-state index in [1.54, 1.807) is 20.2 Å². The highest BCUT2D eigenvalue weighted by Crippen LogP contribution is 2.11. The Balaban J connectivity index is 0. The highest BCUT2D eigenvalue weighted by molar-refractivity contribution is 5.85. The summed E-state index contributed by atoms with van der Waals surface area (Å²) in [5, 5.41) is 2.87. The molecule has 0 atom stereocenters. The number of nitrogens with one attached hydrogen (secondary N) is 1. The highest BCUT2D eigenvalue weighted by atomic mass is 35.5. The molecule has 0 aliphatic heterocycles. The van der Waals surface area contributed by atoms with Crippen LogP contribution in [0.3, 0.4) is 0 Å². The van der Waals surface area contributed by atoms with Crippen molar-refractivity contribution in [3.8, 4) is 0 Å². The lowest BCUT2D eigenvalue weighted by Gasteiger charge is -2.01. The lowest BCUT2D eigenvalue weighted by Crippen LogP contribution is -2.00. The molecule has 0 fully saturated rings. The SMILES string of the molecule is CNc1cnc(C)nc1N.Cl.Cl. The maximum absolute atomic E-state index is 5.52. The van der Waals surface area contributed by atoms with Crippen LogP contribution >= 0.6 is 24.8 Å². The summed E-state index contributed by atoms with van der Waals surface area (Å²) < 4.78 is 0. The van der Waals surface area contributed by atoms with Gasteiger partial charge in [0.2, 0.25) is 0 Å². The van der Waals surface area contributed by atoms with Crippen LogP contribution in [0.1, 0.15) is 5.82 Å². The number of aromatic nitrogens is 2. The molecule has 0 radical (unpaired) electrons. The Hall–Kier alpha value is -0.740. The van der Waals surface area contributed by atoms with Gasteiger partial charge in [0, 0.05) is 7.05 Å². The Morgan fingerprint density at radius 2 is 2.00 bits per heavy atom. The van der Waals surface area contributed by atoms with E-state index < -0.39 is 0 Å². The molecule has 0 aliphatic rings. The van der Waals surface area contributed by atoms with Crippen LogP contribution in [0.2, 0.25) is 0 Å². The van der Waals surface area contributed by atoms with Gasteiger partial charge in [-0.15, -0.1) is 24.8 Å². The second-order valence-electron chi connectivity index (χ2n) is 1.97. The van der Waals surface area contributed by atoms with Gasteiger partial charge in [0.25, 0.3) is 0 Å². The summed E-state index contributed by atoms with van der Waals surface area (Å²) in [5.74, 6) is 1.19. The maximum atomic E-state index is 5.52. The maximum Gasteiger partial charge on any atom is 0.150 e. The Bertz CT molecular complexity index is 241. The van der Waals surface area contributed by atoms with Crippen LogP contribution in [-0.2, 0) is 0 Å². The van der Waals surface area contributed by atoms with E-state index in [9.17, 15) is 0 Å². The Labute approximate surface area is 83.8 Å². The van der Waals surface area contributed by atoms with Gasteiger partial charge in [-0.05, 0) is 6.92 Å². The smallest absolute Gasteiger partial charge is 0.150 e. The summed E-state index contributed by atoms with van der Waals surface area (Å²) in [4.78, 5) is 7.91. The van der Waals surface area contributed by atoms with Crippen LogP contribution in [0, 0.1) is 6.92 Å². The van der Waals surface area contributed by atoms with Crippen molar-refractivity contribution in [1.29, 1.82) is 0 Å². The zero-order valence-corrected chi connectivity index (χ0v) is 8.50. The summed E-state index contributed by atoms with van der Waals surface area (Å²) in [5.41, 5.74) is 6.29. The quantitative estimate of drug-likeness (QED) is 0.733. The molecule has 4 nitrogen and oxygen atoms in total. The Kier molecular flexibility index (Phi) is 6.74. The first-order valence-corrected chi connectivity index (χ1v) is 3.01. The topological polar surface area (TPSA) is 63.8 Å². The van der Waals surface area contributed by atoms with Crippen molar-refractivity contribution in [2.75, 3.05) is 18.1 Å². The van der Waals surface area contributed by atoms with Crippen LogP contribution in [-0.4, -0.2) is 17.0 Å². The third-order valence-corrected chi connectivity index (χ3v) is 1.21. The van der Waals surface area contributed by atoms with Gasteiger partial charge in [0.05, 0.1) is 11.9 Å². The first-order valence-electron chi connectivity index (χ1n) is 3.01. The van der Waals surface area contributed by atoms with Crippen molar-refractivity contribution < 1.29 is 0 Å². The molecule has 1 aromatic rings. The highest BCUT2D eigenvalue weighted by Gasteiger charge is 1.96. The van der Waals surface area contributed by atoms with Crippen molar-refractivity contribution in [2.24, 2.45) is 0 Å². The van der Waals surface area contributed by atoms with Gasteiger partial charge >= 0.3 is 0 Å². The minimum atomic E-state index is 0. The second kappa shape index (κ2) is 5.85. The number of nitrogens with zero attached hydrogens (tertiary/aromatic N) is 2. The Morgan fingerprint density at radius 1 is 1.42 bits per heavy atom. The van der Waals surface area contributed by atoms with E-state index in [0.717, 1.165) is 5.69 Å². The number of rotatable bonds is 1. The summed E-state index contributed by atoms with van der Waals surface area (Å²) in [6.45, 7) is 1.80. The zero-order valence-electron chi connectivity index (χ0n) is 6.87. The van der Waals surface area contributed by atoms with Crippen molar-refractivity contribution in [3.05, 3.63) is 12.0 Å². The molecule has 0 amide bonds. The predicted molar refractivity (Wildman–Crippen MR) is 55.2 cm³/mol. The molecule has 1 aromatic heterocycles. The molecular formula is C6H12Cl2N4. The van der Waals surface area contributed by atoms with Crippen LogP contribution in [0.5, 0.6) is 0 Å². The normalized spacial score (nSPS) is 7.83. The zero-order chi connectivity index (χ0) is 7.56. The van der Waals surface area contributed by atoms with Gasteiger partial charge in [0.1, 0.15) is 5.82 Å². The van der Waals surface area contributed by atoms with E-state index in [4.69, 9.17) is 5.73 Å². The van der Waals surface area contributed by atoms with Crippen LogP contribution in [0.25, 0.3) is 0 Å². The fourth-order valence-corrected chi connectivity index (χ4v) is 0.680. The van der Waals surface area contributed by atoms with Crippen LogP contribution in [0.4, 0.5) is 11.5 Å². The molecule has 1 heterocycles. The van der Waals surface area contributed by atoms with E-state index in [1.807, 2.05) is 0 Å². The fraction of sp³-hybridized carbons (Fsp3) is 0.333. The van der Waals surface area contributed by atoms with Gasteiger partial charge in [-0.25, -0.2) is 9.97 Å². The predicted octanol–water partition coefficient (Wildman–Crippen LogP) is 1.25. The molecule has 3 N–H and O–H groups in total. The number of anilines is 2.